The number of carbonyl (C=O) groups is 1. The lowest BCUT2D eigenvalue weighted by Gasteiger charge is -2.05. The van der Waals surface area contributed by atoms with E-state index in [9.17, 15) is 4.79 Å². The SMILES string of the molecule is CCc1ccc(NC(=O)Cc2coc3cc(C)ccc23)cc1. The van der Waals surface area contributed by atoms with Crippen molar-refractivity contribution in [1.29, 1.82) is 0 Å². The van der Waals surface area contributed by atoms with E-state index < -0.39 is 0 Å². The van der Waals surface area contributed by atoms with E-state index in [1.165, 1.54) is 5.56 Å². The lowest BCUT2D eigenvalue weighted by atomic mass is 10.1. The van der Waals surface area contributed by atoms with Gasteiger partial charge in [-0.05, 0) is 42.7 Å². The molecule has 1 amide bonds. The van der Waals surface area contributed by atoms with Gasteiger partial charge in [-0.1, -0.05) is 31.2 Å². The smallest absolute Gasteiger partial charge is 0.228 e. The van der Waals surface area contributed by atoms with Crippen LogP contribution in [0.1, 0.15) is 23.6 Å². The first-order chi connectivity index (χ1) is 10.7. The summed E-state index contributed by atoms with van der Waals surface area (Å²) in [5.41, 5.74) is 4.97. The molecule has 3 heteroatoms. The second kappa shape index (κ2) is 6.06. The minimum absolute atomic E-state index is 0.0347. The number of benzene rings is 2. The number of fused-ring (bicyclic) bond motifs is 1. The van der Waals surface area contributed by atoms with Crippen molar-refractivity contribution in [2.45, 2.75) is 26.7 Å². The van der Waals surface area contributed by atoms with Crippen molar-refractivity contribution in [2.24, 2.45) is 0 Å². The fraction of sp³-hybridized carbons (Fsp3) is 0.211. The molecule has 0 aliphatic rings. The number of aryl methyl sites for hydroxylation is 2. The molecule has 0 aliphatic heterocycles. The monoisotopic (exact) mass is 293 g/mol. The molecule has 0 bridgehead atoms. The van der Waals surface area contributed by atoms with Gasteiger partial charge in [-0.3, -0.25) is 4.79 Å². The number of carbonyl (C=O) groups excluding carboxylic acids is 1. The van der Waals surface area contributed by atoms with E-state index in [0.717, 1.165) is 34.2 Å². The quantitative estimate of drug-likeness (QED) is 0.770. The van der Waals surface area contributed by atoms with Crippen LogP contribution in [0.25, 0.3) is 11.0 Å². The second-order valence-corrected chi connectivity index (χ2v) is 5.54. The fourth-order valence-electron chi connectivity index (χ4n) is 2.53. The maximum absolute atomic E-state index is 12.2. The Balaban J connectivity index is 1.72. The van der Waals surface area contributed by atoms with Crippen LogP contribution in [0.4, 0.5) is 5.69 Å². The van der Waals surface area contributed by atoms with Crippen molar-refractivity contribution in [2.75, 3.05) is 5.32 Å². The van der Waals surface area contributed by atoms with Crippen LogP contribution in [0.15, 0.2) is 53.1 Å². The van der Waals surface area contributed by atoms with E-state index in [-0.39, 0.29) is 5.91 Å². The molecule has 1 N–H and O–H groups in total. The van der Waals surface area contributed by atoms with Crippen molar-refractivity contribution in [3.8, 4) is 0 Å². The van der Waals surface area contributed by atoms with Crippen molar-refractivity contribution < 1.29 is 9.21 Å². The zero-order valence-electron chi connectivity index (χ0n) is 12.8. The highest BCUT2D eigenvalue weighted by Crippen LogP contribution is 2.23. The van der Waals surface area contributed by atoms with E-state index in [4.69, 9.17) is 4.42 Å². The van der Waals surface area contributed by atoms with Gasteiger partial charge in [-0.25, -0.2) is 0 Å². The average molecular weight is 293 g/mol. The molecule has 0 saturated heterocycles. The van der Waals surface area contributed by atoms with Gasteiger partial charge in [-0.2, -0.15) is 0 Å². The van der Waals surface area contributed by atoms with Crippen LogP contribution in [-0.4, -0.2) is 5.91 Å². The number of hydrogen-bond donors (Lipinski definition) is 1. The van der Waals surface area contributed by atoms with Crippen molar-refractivity contribution in [3.05, 3.63) is 65.4 Å². The van der Waals surface area contributed by atoms with Crippen molar-refractivity contribution in [3.63, 3.8) is 0 Å². The first-order valence-corrected chi connectivity index (χ1v) is 7.51. The molecular weight excluding hydrogens is 274 g/mol. The zero-order chi connectivity index (χ0) is 15.5. The Morgan fingerprint density at radius 2 is 1.91 bits per heavy atom. The van der Waals surface area contributed by atoms with Gasteiger partial charge >= 0.3 is 0 Å². The van der Waals surface area contributed by atoms with Crippen LogP contribution in [0.5, 0.6) is 0 Å². The first kappa shape index (κ1) is 14.4. The molecule has 22 heavy (non-hydrogen) atoms. The van der Waals surface area contributed by atoms with E-state index in [0.29, 0.717) is 6.42 Å². The van der Waals surface area contributed by atoms with Crippen molar-refractivity contribution in [1.82, 2.24) is 0 Å². The Hall–Kier alpha value is -2.55. The Morgan fingerprint density at radius 1 is 1.14 bits per heavy atom. The molecule has 0 spiro atoms. The summed E-state index contributed by atoms with van der Waals surface area (Å²) >= 11 is 0. The number of nitrogens with one attached hydrogen (secondary N) is 1. The van der Waals surface area contributed by atoms with E-state index in [1.54, 1.807) is 6.26 Å². The normalized spacial score (nSPS) is 10.8. The molecule has 2 aromatic carbocycles. The molecule has 3 rings (SSSR count). The molecule has 0 aliphatic carbocycles. The number of furan rings is 1. The van der Waals surface area contributed by atoms with Gasteiger partial charge in [-0.15, -0.1) is 0 Å². The molecule has 0 radical (unpaired) electrons. The molecule has 0 saturated carbocycles. The lowest BCUT2D eigenvalue weighted by Crippen LogP contribution is -2.14. The summed E-state index contributed by atoms with van der Waals surface area (Å²) in [6.07, 6.45) is 2.98. The lowest BCUT2D eigenvalue weighted by molar-refractivity contribution is -0.115. The summed E-state index contributed by atoms with van der Waals surface area (Å²) in [7, 11) is 0. The van der Waals surface area contributed by atoms with Gasteiger partial charge in [0.05, 0.1) is 12.7 Å². The number of amides is 1. The van der Waals surface area contributed by atoms with Gasteiger partial charge < -0.3 is 9.73 Å². The van der Waals surface area contributed by atoms with Crippen LogP contribution < -0.4 is 5.32 Å². The molecule has 3 aromatic rings. The Kier molecular flexibility index (Phi) is 3.96. The highest BCUT2D eigenvalue weighted by molar-refractivity contribution is 5.95. The number of rotatable bonds is 4. The molecular formula is C19H19NO2. The predicted molar refractivity (Wildman–Crippen MR) is 89.1 cm³/mol. The van der Waals surface area contributed by atoms with Crippen LogP contribution in [0.3, 0.4) is 0 Å². The summed E-state index contributed by atoms with van der Waals surface area (Å²) in [6, 6.07) is 14.0. The Labute approximate surface area is 130 Å². The first-order valence-electron chi connectivity index (χ1n) is 7.51. The minimum atomic E-state index is -0.0347. The summed E-state index contributed by atoms with van der Waals surface area (Å²) in [4.78, 5) is 12.2. The Morgan fingerprint density at radius 3 is 2.64 bits per heavy atom. The highest BCUT2D eigenvalue weighted by Gasteiger charge is 2.10. The van der Waals surface area contributed by atoms with Crippen LogP contribution in [0, 0.1) is 6.92 Å². The van der Waals surface area contributed by atoms with Gasteiger partial charge in [0.15, 0.2) is 0 Å². The topological polar surface area (TPSA) is 42.2 Å². The van der Waals surface area contributed by atoms with Crippen LogP contribution >= 0.6 is 0 Å². The standard InChI is InChI=1S/C19H19NO2/c1-3-14-5-7-16(8-6-14)20-19(21)11-15-12-22-18-10-13(2)4-9-17(15)18/h4-10,12H,3,11H2,1-2H3,(H,20,21). The second-order valence-electron chi connectivity index (χ2n) is 5.54. The summed E-state index contributed by atoms with van der Waals surface area (Å²) < 4.78 is 5.53. The molecule has 0 unspecified atom stereocenters. The molecule has 1 aromatic heterocycles. The van der Waals surface area contributed by atoms with Gasteiger partial charge in [0.1, 0.15) is 5.58 Å². The molecule has 0 atom stereocenters. The molecule has 1 heterocycles. The van der Waals surface area contributed by atoms with Gasteiger partial charge in [0.25, 0.3) is 0 Å². The Bertz CT molecular complexity index is 800. The maximum atomic E-state index is 12.2. The largest absolute Gasteiger partial charge is 0.464 e. The summed E-state index contributed by atoms with van der Waals surface area (Å²) in [5.74, 6) is -0.0347. The van der Waals surface area contributed by atoms with Crippen LogP contribution in [-0.2, 0) is 17.6 Å². The van der Waals surface area contributed by atoms with Gasteiger partial charge in [0, 0.05) is 16.6 Å². The maximum Gasteiger partial charge on any atom is 0.228 e. The van der Waals surface area contributed by atoms with E-state index in [1.807, 2.05) is 49.4 Å². The predicted octanol–water partition coefficient (Wildman–Crippen LogP) is 4.48. The fourth-order valence-corrected chi connectivity index (χ4v) is 2.53. The third-order valence-corrected chi connectivity index (χ3v) is 3.81. The van der Waals surface area contributed by atoms with E-state index >= 15 is 0 Å². The minimum Gasteiger partial charge on any atom is -0.464 e. The third kappa shape index (κ3) is 3.03. The van der Waals surface area contributed by atoms with Crippen molar-refractivity contribution >= 4 is 22.6 Å². The average Bonchev–Trinajstić information content (AvgIpc) is 2.90. The summed E-state index contributed by atoms with van der Waals surface area (Å²) in [6.45, 7) is 4.13. The van der Waals surface area contributed by atoms with Gasteiger partial charge in [0.2, 0.25) is 5.91 Å². The van der Waals surface area contributed by atoms with Crippen LogP contribution in [0.2, 0.25) is 0 Å². The summed E-state index contributed by atoms with van der Waals surface area (Å²) in [5, 5.41) is 3.93. The number of anilines is 1. The zero-order valence-corrected chi connectivity index (χ0v) is 12.8. The molecule has 3 nitrogen and oxygen atoms in total. The number of hydrogen-bond acceptors (Lipinski definition) is 2. The highest BCUT2D eigenvalue weighted by atomic mass is 16.3. The molecule has 0 fully saturated rings. The molecule has 112 valence electrons. The third-order valence-electron chi connectivity index (χ3n) is 3.81. The van der Waals surface area contributed by atoms with E-state index in [2.05, 4.69) is 12.2 Å².